The zero-order valence-corrected chi connectivity index (χ0v) is 73.6. The number of carbonyl (C=O) groups is 12. The number of benzene rings is 6. The Morgan fingerprint density at radius 2 is 0.817 bits per heavy atom. The summed E-state index contributed by atoms with van der Waals surface area (Å²) in [5, 5.41) is 25.3. The summed E-state index contributed by atoms with van der Waals surface area (Å²) in [5.41, 5.74) is 10.7. The smallest absolute Gasteiger partial charge is 0.410 e. The minimum absolute atomic E-state index is 0.0216. The Bertz CT molecular complexity index is 4890. The lowest BCUT2D eigenvalue weighted by molar-refractivity contribution is -0.142. The number of piperidine rings is 1. The molecule has 8 N–H and O–H groups in total. The average molecular weight is 1750 g/mol. The molecule has 662 valence electrons. The van der Waals surface area contributed by atoms with E-state index in [2.05, 4.69) is 42.5 Å². The van der Waals surface area contributed by atoms with Gasteiger partial charge >= 0.3 is 18.2 Å². The number of unbranched alkanes of at least 4 members (excludes halogenated alkanes) is 1. The van der Waals surface area contributed by atoms with E-state index < -0.39 is 102 Å². The van der Waals surface area contributed by atoms with Gasteiger partial charge < -0.3 is 66.7 Å². The Balaban J connectivity index is 0.585. The number of likely N-dealkylation sites (tertiary alicyclic amines) is 3. The zero-order valence-electron chi connectivity index (χ0n) is 72.0. The fourth-order valence-electron chi connectivity index (χ4n) is 18.1. The van der Waals surface area contributed by atoms with Gasteiger partial charge in [0.1, 0.15) is 70.9 Å². The maximum Gasteiger partial charge on any atom is 0.410 e. The SMILES string of the molecule is CCCC(=O)Nc1nc(-c2ccccc2)c(NC(=O)[C@@H]2CCCN2C(=O)[C@@H](NC(=O)[C@H](C)N(C)C(=O)OCC2c3ccccc3-c3ccccc32)C2CCC(C(=O)NCCCCNC(=O)N3CCC([C@H](NC(=O)[C@H](C)N(C)C(=O)OCC4c5ccccc5-c5ccccc54)C(=O)N4CCC[C@H]4C(=O)Nc4sc(NC(=O)CCC)nc4-c4ccccc4)CC3)CC2)s1. The molecule has 8 aromatic rings. The van der Waals surface area contributed by atoms with E-state index in [4.69, 9.17) is 19.4 Å². The number of thiazole rings is 2. The van der Waals surface area contributed by atoms with Crippen LogP contribution in [0.2, 0.25) is 0 Å². The molecule has 126 heavy (non-hydrogen) atoms. The standard InChI is InChI=1S/C95H111N15O14S2/c1-7-27-76(111)98-91-102-78(59-29-11-9-12-30-59)87(125-91)104-85(116)74-41-25-51-109(74)89(118)80(100-82(113)57(3)106(5)94(121)123-55-72-68-37-19-15-33-64(68)65-34-16-20-38-69(65)72)61-43-45-63(46-44-61)84(115)96-49-23-24-50-97-93(120)108-53-47-62(48-54-108)81(101-83(114)58(4)107(6)95(122)124-56-73-70-39-21-17-35-66(70)67-36-18-22-40-71(67)73)90(119)110-52-26-42-75(110)86(117)105-88-79(60-31-13-10-14-32-60)103-92(126-88)99-77(112)28-8-2/h9-22,29-40,57-58,61-63,72-75,80-81H,7-8,23-28,41-56H2,1-6H3,(H,96,115)(H,97,120)(H,100,113)(H,101,114)(H,104,116)(H,105,117)(H,98,102,111)(H,99,103,112)/t57-,58-,61?,63?,74-,75-,80-,81-/m0/s1. The minimum Gasteiger partial charge on any atom is -0.448 e. The van der Waals surface area contributed by atoms with E-state index in [0.29, 0.717) is 139 Å². The highest BCUT2D eigenvalue weighted by atomic mass is 32.1. The van der Waals surface area contributed by atoms with Gasteiger partial charge in [-0.15, -0.1) is 0 Å². The van der Waals surface area contributed by atoms with E-state index in [-0.39, 0.29) is 94.4 Å². The van der Waals surface area contributed by atoms with Gasteiger partial charge in [0.05, 0.1) is 0 Å². The maximum absolute atomic E-state index is 15.4. The Labute approximate surface area is 741 Å². The van der Waals surface area contributed by atoms with Crippen LogP contribution < -0.4 is 42.5 Å². The molecular formula is C95H111N15O14S2. The molecule has 0 bridgehead atoms. The summed E-state index contributed by atoms with van der Waals surface area (Å²) in [6.45, 7) is 8.45. The van der Waals surface area contributed by atoms with Gasteiger partial charge in [0.25, 0.3) is 0 Å². The number of urea groups is 1. The lowest BCUT2D eigenvalue weighted by Gasteiger charge is -2.38. The summed E-state index contributed by atoms with van der Waals surface area (Å²) in [6, 6.07) is 43.6. The van der Waals surface area contributed by atoms with Crippen LogP contribution in [-0.4, -0.2) is 209 Å². The molecule has 6 aromatic carbocycles. The first-order chi connectivity index (χ1) is 61.0. The molecule has 13 amide bonds. The van der Waals surface area contributed by atoms with Crippen molar-refractivity contribution in [3.8, 4) is 44.8 Å². The number of likely N-dealkylation sites (N-methyl/N-ethyl adjacent to an activating group) is 2. The highest BCUT2D eigenvalue weighted by Gasteiger charge is 2.46. The van der Waals surface area contributed by atoms with E-state index >= 15 is 9.59 Å². The number of amides is 13. The summed E-state index contributed by atoms with van der Waals surface area (Å²) in [6.07, 6.45) is 5.13. The fourth-order valence-corrected chi connectivity index (χ4v) is 19.9. The molecule has 2 aromatic heterocycles. The summed E-state index contributed by atoms with van der Waals surface area (Å²) in [4.78, 5) is 187. The van der Waals surface area contributed by atoms with Crippen LogP contribution in [0.5, 0.6) is 0 Å². The van der Waals surface area contributed by atoms with Gasteiger partial charge in [-0.25, -0.2) is 24.4 Å². The number of aromatic nitrogens is 2. The van der Waals surface area contributed by atoms with Gasteiger partial charge in [0.15, 0.2) is 10.3 Å². The highest BCUT2D eigenvalue weighted by Crippen LogP contribution is 2.47. The average Bonchev–Trinajstić information content (AvgIpc) is 1.62. The van der Waals surface area contributed by atoms with Gasteiger partial charge in [0, 0.05) is 95.1 Å². The number of hydrogen-bond donors (Lipinski definition) is 8. The van der Waals surface area contributed by atoms with Crippen molar-refractivity contribution in [2.75, 3.05) is 87.8 Å². The van der Waals surface area contributed by atoms with Crippen molar-refractivity contribution >= 4 is 114 Å². The third-order valence-corrected chi connectivity index (χ3v) is 27.1. The number of fused-ring (bicyclic) bond motifs is 6. The van der Waals surface area contributed by atoms with E-state index in [1.54, 1.807) is 18.7 Å². The van der Waals surface area contributed by atoms with Crippen molar-refractivity contribution in [2.45, 2.75) is 179 Å². The monoisotopic (exact) mass is 1750 g/mol. The predicted molar refractivity (Wildman–Crippen MR) is 483 cm³/mol. The molecule has 14 rings (SSSR count). The molecule has 29 nitrogen and oxygen atoms in total. The van der Waals surface area contributed by atoms with Gasteiger partial charge in [-0.1, -0.05) is 194 Å². The van der Waals surface area contributed by atoms with Crippen LogP contribution in [0.25, 0.3) is 44.8 Å². The summed E-state index contributed by atoms with van der Waals surface area (Å²) < 4.78 is 11.9. The van der Waals surface area contributed by atoms with E-state index in [1.807, 2.05) is 172 Å². The lowest BCUT2D eigenvalue weighted by Crippen LogP contribution is -2.59. The number of rotatable bonds is 32. The van der Waals surface area contributed by atoms with E-state index in [9.17, 15) is 47.9 Å². The maximum atomic E-state index is 15.4. The van der Waals surface area contributed by atoms with Crippen molar-refractivity contribution in [1.29, 1.82) is 0 Å². The van der Waals surface area contributed by atoms with Crippen LogP contribution in [0.15, 0.2) is 158 Å². The molecule has 3 aliphatic carbocycles. The summed E-state index contributed by atoms with van der Waals surface area (Å²) in [7, 11) is 2.95. The molecule has 6 aliphatic rings. The molecule has 6 atom stereocenters. The molecule has 0 radical (unpaired) electrons. The molecule has 5 heterocycles. The number of nitrogens with zero attached hydrogens (tertiary/aromatic N) is 7. The predicted octanol–water partition coefficient (Wildman–Crippen LogP) is 13.6. The highest BCUT2D eigenvalue weighted by molar-refractivity contribution is 7.20. The van der Waals surface area contributed by atoms with E-state index in [1.165, 1.54) is 33.7 Å². The van der Waals surface area contributed by atoms with Gasteiger partial charge in [0.2, 0.25) is 53.2 Å². The topological polar surface area (TPSA) is 362 Å². The van der Waals surface area contributed by atoms with Crippen LogP contribution in [0.3, 0.4) is 0 Å². The minimum atomic E-state index is -1.17. The first kappa shape index (κ1) is 89.9. The number of carbonyl (C=O) groups excluding carboxylic acids is 12. The Morgan fingerprint density at radius 1 is 0.444 bits per heavy atom. The van der Waals surface area contributed by atoms with Crippen molar-refractivity contribution < 1.29 is 67.0 Å². The van der Waals surface area contributed by atoms with Crippen LogP contribution >= 0.6 is 22.7 Å². The Morgan fingerprint density at radius 3 is 1.21 bits per heavy atom. The van der Waals surface area contributed by atoms with Crippen LogP contribution in [-0.2, 0) is 52.6 Å². The zero-order chi connectivity index (χ0) is 88.7. The first-order valence-corrected chi connectivity index (χ1v) is 45.7. The van der Waals surface area contributed by atoms with Gasteiger partial charge in [-0.3, -0.25) is 53.0 Å². The number of anilines is 4. The van der Waals surface area contributed by atoms with Crippen molar-refractivity contribution in [3.05, 3.63) is 180 Å². The van der Waals surface area contributed by atoms with Crippen LogP contribution in [0, 0.1) is 17.8 Å². The summed E-state index contributed by atoms with van der Waals surface area (Å²) >= 11 is 2.23. The fraction of sp³-hybridized carbons (Fsp3) is 0.432. The second kappa shape index (κ2) is 41.6. The lowest BCUT2D eigenvalue weighted by atomic mass is 9.77. The number of nitrogens with one attached hydrogen (secondary N) is 8. The normalized spacial score (nSPS) is 18.1. The Kier molecular flexibility index (Phi) is 29.7. The second-order valence-electron chi connectivity index (χ2n) is 33.4. The largest absolute Gasteiger partial charge is 0.448 e. The van der Waals surface area contributed by atoms with Crippen molar-refractivity contribution in [2.24, 2.45) is 17.8 Å². The summed E-state index contributed by atoms with van der Waals surface area (Å²) in [5.74, 6) is -5.57. The molecule has 0 unspecified atom stereocenters. The number of ether oxygens (including phenoxy) is 2. The Hall–Kier alpha value is -12.4. The quantitative estimate of drug-likeness (QED) is 0.0182. The van der Waals surface area contributed by atoms with Crippen LogP contribution in [0.4, 0.5) is 34.6 Å². The van der Waals surface area contributed by atoms with E-state index in [0.717, 1.165) is 67.2 Å². The third kappa shape index (κ3) is 20.7. The van der Waals surface area contributed by atoms with Crippen molar-refractivity contribution in [3.63, 3.8) is 0 Å². The van der Waals surface area contributed by atoms with Gasteiger partial charge in [-0.05, 0) is 160 Å². The third-order valence-electron chi connectivity index (χ3n) is 25.3. The molecule has 0 spiro atoms. The number of hydrogen-bond acceptors (Lipinski definition) is 18. The first-order valence-electron chi connectivity index (χ1n) is 44.1. The second-order valence-corrected chi connectivity index (χ2v) is 35.4. The molecule has 3 saturated heterocycles. The molecule has 3 aliphatic heterocycles. The molecular weight excluding hydrogens is 1640 g/mol. The molecule has 1 saturated carbocycles. The molecule has 4 fully saturated rings. The van der Waals surface area contributed by atoms with Gasteiger partial charge in [-0.2, -0.15) is 0 Å². The van der Waals surface area contributed by atoms with Crippen molar-refractivity contribution in [1.82, 2.24) is 55.7 Å². The van der Waals surface area contributed by atoms with Crippen LogP contribution in [0.1, 0.15) is 165 Å². The molecule has 31 heteroatoms.